The van der Waals surface area contributed by atoms with Gasteiger partial charge in [0.05, 0.1) is 0 Å². The van der Waals surface area contributed by atoms with Crippen LogP contribution in [0.1, 0.15) is 33.1 Å². The predicted molar refractivity (Wildman–Crippen MR) is 39.6 cm³/mol. The first kappa shape index (κ1) is 9.86. The maximum absolute atomic E-state index is 12.3. The molecule has 0 fully saturated rings. The van der Waals surface area contributed by atoms with E-state index < -0.39 is 12.8 Å². The van der Waals surface area contributed by atoms with Crippen molar-refractivity contribution in [2.24, 2.45) is 5.92 Å². The van der Waals surface area contributed by atoms with Crippen LogP contribution in [-0.4, -0.2) is 12.8 Å². The Balaban J connectivity index is 3.27. The molecule has 0 aliphatic heterocycles. The lowest BCUT2D eigenvalue weighted by molar-refractivity contribution is 0.217. The van der Waals surface area contributed by atoms with E-state index in [0.29, 0.717) is 12.3 Å². The Morgan fingerprint density at radius 1 is 1.40 bits per heavy atom. The summed E-state index contributed by atoms with van der Waals surface area (Å²) >= 11 is 0. The van der Waals surface area contributed by atoms with Crippen LogP contribution >= 0.6 is 0 Å². The fourth-order valence-corrected chi connectivity index (χ4v) is 1.11. The summed E-state index contributed by atoms with van der Waals surface area (Å²) in [6.07, 6.45) is 1.20. The Hall–Kier alpha value is -0.140. The molecule has 0 aliphatic rings. The molecule has 2 heteroatoms. The normalized spacial score (nSPS) is 16.8. The standard InChI is InChI=1S/C8H16F2/c1-3-4-7(2)5-8(10)6-9/h7-8H,3-6H2,1-2H3. The van der Waals surface area contributed by atoms with Crippen LogP contribution < -0.4 is 0 Å². The van der Waals surface area contributed by atoms with Crippen LogP contribution in [0.15, 0.2) is 0 Å². The lowest BCUT2D eigenvalue weighted by Gasteiger charge is -2.10. The van der Waals surface area contributed by atoms with Gasteiger partial charge in [-0.3, -0.25) is 0 Å². The van der Waals surface area contributed by atoms with E-state index in [-0.39, 0.29) is 0 Å². The van der Waals surface area contributed by atoms with E-state index >= 15 is 0 Å². The highest BCUT2D eigenvalue weighted by Gasteiger charge is 2.10. The third-order valence-corrected chi connectivity index (χ3v) is 1.61. The molecule has 0 saturated heterocycles. The summed E-state index contributed by atoms with van der Waals surface area (Å²) in [6.45, 7) is 3.19. The zero-order valence-electron chi connectivity index (χ0n) is 6.74. The third-order valence-electron chi connectivity index (χ3n) is 1.61. The quantitative estimate of drug-likeness (QED) is 0.565. The highest BCUT2D eigenvalue weighted by atomic mass is 19.2. The van der Waals surface area contributed by atoms with Crippen molar-refractivity contribution < 1.29 is 8.78 Å². The molecule has 10 heavy (non-hydrogen) atoms. The van der Waals surface area contributed by atoms with E-state index in [1.54, 1.807) is 0 Å². The van der Waals surface area contributed by atoms with Crippen LogP contribution in [0.2, 0.25) is 0 Å². The molecule has 0 aromatic carbocycles. The summed E-state index contributed by atoms with van der Waals surface area (Å²) in [5.41, 5.74) is 0. The first-order valence-corrected chi connectivity index (χ1v) is 3.90. The van der Waals surface area contributed by atoms with E-state index in [1.165, 1.54) is 0 Å². The highest BCUT2D eigenvalue weighted by molar-refractivity contribution is 4.59. The molecule has 0 aliphatic carbocycles. The van der Waals surface area contributed by atoms with E-state index in [0.717, 1.165) is 12.8 Å². The molecule has 2 atom stereocenters. The number of alkyl halides is 2. The van der Waals surface area contributed by atoms with Crippen LogP contribution in [0.4, 0.5) is 8.78 Å². The Bertz CT molecular complexity index is 73.7. The molecular formula is C8H16F2. The van der Waals surface area contributed by atoms with Crippen molar-refractivity contribution in [1.82, 2.24) is 0 Å². The van der Waals surface area contributed by atoms with Gasteiger partial charge in [-0.15, -0.1) is 0 Å². The van der Waals surface area contributed by atoms with Gasteiger partial charge in [0.25, 0.3) is 0 Å². The van der Waals surface area contributed by atoms with Gasteiger partial charge in [0.1, 0.15) is 12.8 Å². The van der Waals surface area contributed by atoms with Crippen molar-refractivity contribution in [3.05, 3.63) is 0 Å². The number of halogens is 2. The van der Waals surface area contributed by atoms with Crippen molar-refractivity contribution >= 4 is 0 Å². The number of rotatable bonds is 5. The summed E-state index contributed by atoms with van der Waals surface area (Å²) in [6, 6.07) is 0. The molecule has 0 amide bonds. The largest absolute Gasteiger partial charge is 0.248 e. The second-order valence-corrected chi connectivity index (χ2v) is 2.88. The summed E-state index contributed by atoms with van der Waals surface area (Å²) in [5, 5.41) is 0. The van der Waals surface area contributed by atoms with E-state index in [4.69, 9.17) is 0 Å². The summed E-state index contributed by atoms with van der Waals surface area (Å²) in [5.74, 6) is 0.329. The first-order chi connectivity index (χ1) is 4.70. The molecule has 0 heterocycles. The first-order valence-electron chi connectivity index (χ1n) is 3.90. The molecule has 0 nitrogen and oxygen atoms in total. The van der Waals surface area contributed by atoms with Gasteiger partial charge in [0.15, 0.2) is 0 Å². The minimum atomic E-state index is -1.23. The fraction of sp³-hybridized carbons (Fsp3) is 1.00. The number of hydrogen-bond donors (Lipinski definition) is 0. The minimum absolute atomic E-state index is 0.329. The topological polar surface area (TPSA) is 0 Å². The zero-order valence-corrected chi connectivity index (χ0v) is 6.74. The predicted octanol–water partition coefficient (Wildman–Crippen LogP) is 3.12. The van der Waals surface area contributed by atoms with Crippen LogP contribution in [0.25, 0.3) is 0 Å². The van der Waals surface area contributed by atoms with Gasteiger partial charge < -0.3 is 0 Å². The summed E-state index contributed by atoms with van der Waals surface area (Å²) in [7, 11) is 0. The van der Waals surface area contributed by atoms with Gasteiger partial charge in [0.2, 0.25) is 0 Å². The molecule has 62 valence electrons. The lowest BCUT2D eigenvalue weighted by Crippen LogP contribution is -2.08. The van der Waals surface area contributed by atoms with Crippen molar-refractivity contribution in [3.8, 4) is 0 Å². The summed E-state index contributed by atoms with van der Waals surface area (Å²) < 4.78 is 23.9. The molecule has 0 spiro atoms. The zero-order chi connectivity index (χ0) is 7.98. The van der Waals surface area contributed by atoms with Crippen LogP contribution in [-0.2, 0) is 0 Å². The van der Waals surface area contributed by atoms with Gasteiger partial charge in [-0.1, -0.05) is 26.7 Å². The maximum atomic E-state index is 12.3. The molecule has 0 saturated carbocycles. The van der Waals surface area contributed by atoms with Crippen LogP contribution in [0.5, 0.6) is 0 Å². The second kappa shape index (κ2) is 5.63. The van der Waals surface area contributed by atoms with Gasteiger partial charge >= 0.3 is 0 Å². The molecule has 2 unspecified atom stereocenters. The Kier molecular flexibility index (Phi) is 5.55. The Labute approximate surface area is 61.6 Å². The lowest BCUT2D eigenvalue weighted by atomic mass is 10.00. The SMILES string of the molecule is CCCC(C)CC(F)CF. The van der Waals surface area contributed by atoms with Gasteiger partial charge in [-0.25, -0.2) is 8.78 Å². The number of hydrogen-bond acceptors (Lipinski definition) is 0. The summed E-state index contributed by atoms with van der Waals surface area (Å²) in [4.78, 5) is 0. The molecular weight excluding hydrogens is 134 g/mol. The Morgan fingerprint density at radius 2 is 2.00 bits per heavy atom. The third kappa shape index (κ3) is 4.71. The smallest absolute Gasteiger partial charge is 0.129 e. The molecule has 0 N–H and O–H groups in total. The fourth-order valence-electron chi connectivity index (χ4n) is 1.11. The maximum Gasteiger partial charge on any atom is 0.129 e. The monoisotopic (exact) mass is 150 g/mol. The molecule has 0 rings (SSSR count). The van der Waals surface area contributed by atoms with E-state index in [9.17, 15) is 8.78 Å². The molecule has 0 bridgehead atoms. The minimum Gasteiger partial charge on any atom is -0.248 e. The van der Waals surface area contributed by atoms with Crippen molar-refractivity contribution in [1.29, 1.82) is 0 Å². The van der Waals surface area contributed by atoms with Gasteiger partial charge in [0, 0.05) is 0 Å². The molecule has 0 aromatic rings. The van der Waals surface area contributed by atoms with Crippen molar-refractivity contribution in [2.75, 3.05) is 6.67 Å². The molecule has 0 aromatic heterocycles. The molecule has 0 radical (unpaired) electrons. The van der Waals surface area contributed by atoms with Crippen molar-refractivity contribution in [2.45, 2.75) is 39.3 Å². The van der Waals surface area contributed by atoms with Crippen molar-refractivity contribution in [3.63, 3.8) is 0 Å². The van der Waals surface area contributed by atoms with Crippen LogP contribution in [0, 0.1) is 5.92 Å². The average Bonchev–Trinajstić information content (AvgIpc) is 1.88. The van der Waals surface area contributed by atoms with Gasteiger partial charge in [-0.2, -0.15) is 0 Å². The van der Waals surface area contributed by atoms with E-state index in [2.05, 4.69) is 6.92 Å². The van der Waals surface area contributed by atoms with Gasteiger partial charge in [-0.05, 0) is 12.3 Å². The van der Waals surface area contributed by atoms with Crippen LogP contribution in [0.3, 0.4) is 0 Å². The Morgan fingerprint density at radius 3 is 2.40 bits per heavy atom. The van der Waals surface area contributed by atoms with E-state index in [1.807, 2.05) is 6.92 Å². The highest BCUT2D eigenvalue weighted by Crippen LogP contribution is 2.14. The second-order valence-electron chi connectivity index (χ2n) is 2.88. The average molecular weight is 150 g/mol.